The summed E-state index contributed by atoms with van der Waals surface area (Å²) in [6.07, 6.45) is 0. The van der Waals surface area contributed by atoms with Gasteiger partial charge in [0, 0.05) is 36.7 Å². The molecule has 0 aromatic heterocycles. The number of piperazine rings is 1. The third-order valence-electron chi connectivity index (χ3n) is 2.77. The fourth-order valence-electron chi connectivity index (χ4n) is 2.00. The monoisotopic (exact) mass is 268 g/mol. The van der Waals surface area contributed by atoms with Crippen LogP contribution in [0.1, 0.15) is 12.5 Å². The topological polar surface area (TPSA) is 15.3 Å². The minimum absolute atomic E-state index is 0.620. The Morgan fingerprint density at radius 2 is 2.13 bits per heavy atom. The number of nitrogens with zero attached hydrogens (tertiary/aromatic N) is 1. The molecular formula is C12H17BrN2. The van der Waals surface area contributed by atoms with Gasteiger partial charge in [0.1, 0.15) is 0 Å². The van der Waals surface area contributed by atoms with Crippen LogP contribution in [0.25, 0.3) is 0 Å². The molecule has 1 aliphatic heterocycles. The second-order valence-electron chi connectivity index (χ2n) is 4.22. The van der Waals surface area contributed by atoms with Crippen LogP contribution < -0.4 is 5.32 Å². The summed E-state index contributed by atoms with van der Waals surface area (Å²) in [7, 11) is 0. The molecule has 0 aliphatic carbocycles. The van der Waals surface area contributed by atoms with Crippen LogP contribution in [-0.2, 0) is 6.54 Å². The van der Waals surface area contributed by atoms with Crippen LogP contribution in [0, 0.1) is 0 Å². The minimum atomic E-state index is 0.620. The normalized spacial score (nSPS) is 22.9. The Labute approximate surface area is 99.8 Å². The second-order valence-corrected chi connectivity index (χ2v) is 5.13. The standard InChI is InChI=1S/C12H17BrN2/c1-10-8-15(7-6-14-10)9-11-2-4-12(13)5-3-11/h2-5,10,14H,6-9H2,1H3/t10-/m0/s1. The van der Waals surface area contributed by atoms with Gasteiger partial charge in [-0.2, -0.15) is 0 Å². The fraction of sp³-hybridized carbons (Fsp3) is 0.500. The Hall–Kier alpha value is -0.380. The number of hydrogen-bond acceptors (Lipinski definition) is 2. The van der Waals surface area contributed by atoms with E-state index in [4.69, 9.17) is 0 Å². The van der Waals surface area contributed by atoms with E-state index in [0.29, 0.717) is 6.04 Å². The first-order valence-corrected chi connectivity index (χ1v) is 6.23. The largest absolute Gasteiger partial charge is 0.312 e. The van der Waals surface area contributed by atoms with E-state index >= 15 is 0 Å². The SMILES string of the molecule is C[C@H]1CN(Cc2ccc(Br)cc2)CCN1. The molecule has 1 aliphatic rings. The Bertz CT molecular complexity index is 310. The maximum atomic E-state index is 3.46. The Kier molecular flexibility index (Phi) is 3.78. The van der Waals surface area contributed by atoms with Crippen molar-refractivity contribution in [2.24, 2.45) is 0 Å². The van der Waals surface area contributed by atoms with E-state index in [2.05, 4.69) is 57.3 Å². The number of rotatable bonds is 2. The third-order valence-corrected chi connectivity index (χ3v) is 3.30. The highest BCUT2D eigenvalue weighted by atomic mass is 79.9. The van der Waals surface area contributed by atoms with Crippen LogP contribution in [0.5, 0.6) is 0 Å². The lowest BCUT2D eigenvalue weighted by Crippen LogP contribution is -2.48. The summed E-state index contributed by atoms with van der Waals surface area (Å²) in [6, 6.07) is 9.23. The molecule has 0 saturated carbocycles. The smallest absolute Gasteiger partial charge is 0.0234 e. The molecule has 1 saturated heterocycles. The molecule has 0 unspecified atom stereocenters. The van der Waals surface area contributed by atoms with Crippen molar-refractivity contribution in [3.8, 4) is 0 Å². The van der Waals surface area contributed by atoms with E-state index < -0.39 is 0 Å². The van der Waals surface area contributed by atoms with Crippen molar-refractivity contribution in [1.82, 2.24) is 10.2 Å². The van der Waals surface area contributed by atoms with E-state index in [9.17, 15) is 0 Å². The van der Waals surface area contributed by atoms with Crippen molar-refractivity contribution in [3.63, 3.8) is 0 Å². The molecule has 1 heterocycles. The molecule has 1 aromatic carbocycles. The lowest BCUT2D eigenvalue weighted by Gasteiger charge is -2.31. The molecule has 0 amide bonds. The molecule has 2 rings (SSSR count). The number of halogens is 1. The molecule has 15 heavy (non-hydrogen) atoms. The molecule has 1 fully saturated rings. The van der Waals surface area contributed by atoms with E-state index in [0.717, 1.165) is 30.7 Å². The van der Waals surface area contributed by atoms with Gasteiger partial charge in [0.25, 0.3) is 0 Å². The van der Waals surface area contributed by atoms with Crippen molar-refractivity contribution in [2.75, 3.05) is 19.6 Å². The Morgan fingerprint density at radius 3 is 2.80 bits per heavy atom. The van der Waals surface area contributed by atoms with Gasteiger partial charge < -0.3 is 5.32 Å². The molecule has 2 nitrogen and oxygen atoms in total. The van der Waals surface area contributed by atoms with Crippen molar-refractivity contribution in [3.05, 3.63) is 34.3 Å². The average Bonchev–Trinajstić information content (AvgIpc) is 2.22. The summed E-state index contributed by atoms with van der Waals surface area (Å²) in [5.74, 6) is 0. The predicted octanol–water partition coefficient (Wildman–Crippen LogP) is 2.24. The maximum absolute atomic E-state index is 3.46. The van der Waals surface area contributed by atoms with Crippen LogP contribution in [0.2, 0.25) is 0 Å². The lowest BCUT2D eigenvalue weighted by molar-refractivity contribution is 0.199. The molecule has 82 valence electrons. The van der Waals surface area contributed by atoms with Gasteiger partial charge in [-0.05, 0) is 24.6 Å². The van der Waals surface area contributed by atoms with E-state index in [1.807, 2.05) is 0 Å². The summed E-state index contributed by atoms with van der Waals surface area (Å²) in [5, 5.41) is 3.46. The van der Waals surface area contributed by atoms with Gasteiger partial charge in [0.15, 0.2) is 0 Å². The first-order valence-electron chi connectivity index (χ1n) is 5.44. The highest BCUT2D eigenvalue weighted by Crippen LogP contribution is 2.13. The second kappa shape index (κ2) is 5.10. The zero-order valence-corrected chi connectivity index (χ0v) is 10.6. The van der Waals surface area contributed by atoms with Crippen molar-refractivity contribution < 1.29 is 0 Å². The summed E-state index contributed by atoms with van der Waals surface area (Å²) in [6.45, 7) is 6.72. The first kappa shape index (κ1) is 11.1. The molecule has 0 bridgehead atoms. The van der Waals surface area contributed by atoms with Gasteiger partial charge in [-0.3, -0.25) is 4.90 Å². The minimum Gasteiger partial charge on any atom is -0.312 e. The van der Waals surface area contributed by atoms with Gasteiger partial charge in [-0.15, -0.1) is 0 Å². The zero-order valence-electron chi connectivity index (χ0n) is 9.04. The third kappa shape index (κ3) is 3.30. The molecule has 1 N–H and O–H groups in total. The summed E-state index contributed by atoms with van der Waals surface area (Å²) in [4.78, 5) is 2.50. The van der Waals surface area contributed by atoms with Crippen LogP contribution in [0.4, 0.5) is 0 Å². The molecule has 0 radical (unpaired) electrons. The number of nitrogens with one attached hydrogen (secondary N) is 1. The summed E-state index contributed by atoms with van der Waals surface area (Å²) >= 11 is 3.46. The average molecular weight is 269 g/mol. The zero-order chi connectivity index (χ0) is 10.7. The predicted molar refractivity (Wildman–Crippen MR) is 66.9 cm³/mol. The van der Waals surface area contributed by atoms with Gasteiger partial charge in [0.2, 0.25) is 0 Å². The number of benzene rings is 1. The van der Waals surface area contributed by atoms with E-state index in [1.54, 1.807) is 0 Å². The quantitative estimate of drug-likeness (QED) is 0.885. The maximum Gasteiger partial charge on any atom is 0.0234 e. The fourth-order valence-corrected chi connectivity index (χ4v) is 2.27. The highest BCUT2D eigenvalue weighted by molar-refractivity contribution is 9.10. The van der Waals surface area contributed by atoms with Crippen LogP contribution >= 0.6 is 15.9 Å². The highest BCUT2D eigenvalue weighted by Gasteiger charge is 2.15. The first-order chi connectivity index (χ1) is 7.24. The number of hydrogen-bond donors (Lipinski definition) is 1. The van der Waals surface area contributed by atoms with Crippen LogP contribution in [0.3, 0.4) is 0 Å². The molecule has 1 aromatic rings. The Balaban J connectivity index is 1.93. The summed E-state index contributed by atoms with van der Waals surface area (Å²) in [5.41, 5.74) is 1.40. The Morgan fingerprint density at radius 1 is 1.40 bits per heavy atom. The lowest BCUT2D eigenvalue weighted by atomic mass is 10.1. The van der Waals surface area contributed by atoms with Gasteiger partial charge in [-0.1, -0.05) is 28.1 Å². The molecular weight excluding hydrogens is 252 g/mol. The van der Waals surface area contributed by atoms with Crippen molar-refractivity contribution >= 4 is 15.9 Å². The van der Waals surface area contributed by atoms with Crippen LogP contribution in [0.15, 0.2) is 28.7 Å². The van der Waals surface area contributed by atoms with Crippen molar-refractivity contribution in [1.29, 1.82) is 0 Å². The van der Waals surface area contributed by atoms with Crippen LogP contribution in [-0.4, -0.2) is 30.6 Å². The van der Waals surface area contributed by atoms with Crippen molar-refractivity contribution in [2.45, 2.75) is 19.5 Å². The van der Waals surface area contributed by atoms with E-state index in [-0.39, 0.29) is 0 Å². The molecule has 1 atom stereocenters. The van der Waals surface area contributed by atoms with Gasteiger partial charge in [-0.25, -0.2) is 0 Å². The van der Waals surface area contributed by atoms with Gasteiger partial charge in [0.05, 0.1) is 0 Å². The summed E-state index contributed by atoms with van der Waals surface area (Å²) < 4.78 is 1.15. The molecule has 0 spiro atoms. The van der Waals surface area contributed by atoms with E-state index in [1.165, 1.54) is 5.56 Å². The molecule has 3 heteroatoms. The van der Waals surface area contributed by atoms with Gasteiger partial charge >= 0.3 is 0 Å².